The van der Waals surface area contributed by atoms with Crippen LogP contribution in [0.2, 0.25) is 0 Å². The summed E-state index contributed by atoms with van der Waals surface area (Å²) in [6, 6.07) is 12.2. The molecular weight excluding hydrogens is 366 g/mol. The molecule has 1 N–H and O–H groups in total. The number of hydrogen-bond donors (Lipinski definition) is 1. The predicted octanol–water partition coefficient (Wildman–Crippen LogP) is 2.87. The van der Waals surface area contributed by atoms with Crippen molar-refractivity contribution < 1.29 is 9.53 Å². The highest BCUT2D eigenvalue weighted by Crippen LogP contribution is 2.22. The van der Waals surface area contributed by atoms with Crippen LogP contribution in [-0.4, -0.2) is 35.5 Å². The average Bonchev–Trinajstić information content (AvgIpc) is 3.36. The quantitative estimate of drug-likeness (QED) is 0.568. The van der Waals surface area contributed by atoms with Gasteiger partial charge in [-0.05, 0) is 54.9 Å². The second-order valence-electron chi connectivity index (χ2n) is 5.45. The molecule has 1 aromatic carbocycles. The molecular formula is C17H13N7O2S. The van der Waals surface area contributed by atoms with Crippen molar-refractivity contribution >= 4 is 23.1 Å². The van der Waals surface area contributed by atoms with E-state index in [0.29, 0.717) is 33.7 Å². The van der Waals surface area contributed by atoms with Gasteiger partial charge < -0.3 is 10.1 Å². The molecule has 134 valence electrons. The molecule has 0 radical (unpaired) electrons. The number of nitrogens with zero attached hydrogens (tertiary/aromatic N) is 6. The maximum atomic E-state index is 12.2. The molecule has 0 saturated heterocycles. The van der Waals surface area contributed by atoms with E-state index >= 15 is 0 Å². The minimum Gasteiger partial charge on any atom is -0.438 e. The summed E-state index contributed by atoms with van der Waals surface area (Å²) in [5, 5.41) is 18.8. The Labute approximate surface area is 157 Å². The van der Waals surface area contributed by atoms with E-state index in [4.69, 9.17) is 4.74 Å². The fourth-order valence-electron chi connectivity index (χ4n) is 2.25. The fourth-order valence-corrected chi connectivity index (χ4v) is 2.80. The van der Waals surface area contributed by atoms with Crippen LogP contribution in [0.15, 0.2) is 54.9 Å². The number of carbonyl (C=O) groups excluding carboxylic acids is 1. The maximum absolute atomic E-state index is 12.2. The topological polar surface area (TPSA) is 108 Å². The van der Waals surface area contributed by atoms with Crippen molar-refractivity contribution in [3.8, 4) is 17.4 Å². The molecule has 1 amide bonds. The lowest BCUT2D eigenvalue weighted by Crippen LogP contribution is -2.11. The van der Waals surface area contributed by atoms with Gasteiger partial charge >= 0.3 is 0 Å². The van der Waals surface area contributed by atoms with Crippen molar-refractivity contribution in [2.75, 3.05) is 5.32 Å². The van der Waals surface area contributed by atoms with Gasteiger partial charge in [0.1, 0.15) is 10.6 Å². The van der Waals surface area contributed by atoms with Gasteiger partial charge in [0, 0.05) is 24.1 Å². The Morgan fingerprint density at radius 1 is 1.11 bits per heavy atom. The van der Waals surface area contributed by atoms with Gasteiger partial charge in [-0.15, -0.1) is 15.3 Å². The molecule has 4 rings (SSSR count). The van der Waals surface area contributed by atoms with Crippen LogP contribution in [0.5, 0.6) is 11.6 Å². The van der Waals surface area contributed by atoms with Crippen LogP contribution in [-0.2, 0) is 0 Å². The van der Waals surface area contributed by atoms with Gasteiger partial charge in [0.2, 0.25) is 5.88 Å². The van der Waals surface area contributed by atoms with E-state index in [9.17, 15) is 4.79 Å². The van der Waals surface area contributed by atoms with Crippen LogP contribution >= 0.6 is 11.5 Å². The first kappa shape index (κ1) is 16.8. The van der Waals surface area contributed by atoms with Gasteiger partial charge in [0.25, 0.3) is 5.91 Å². The van der Waals surface area contributed by atoms with E-state index in [2.05, 4.69) is 30.2 Å². The van der Waals surface area contributed by atoms with E-state index in [1.54, 1.807) is 66.5 Å². The van der Waals surface area contributed by atoms with E-state index in [0.717, 1.165) is 11.5 Å². The monoisotopic (exact) mass is 379 g/mol. The van der Waals surface area contributed by atoms with Crippen molar-refractivity contribution in [1.82, 2.24) is 29.6 Å². The highest BCUT2D eigenvalue weighted by atomic mass is 32.1. The average molecular weight is 379 g/mol. The minimum atomic E-state index is -0.240. The number of hydrogen-bond acceptors (Lipinski definition) is 8. The smallest absolute Gasteiger partial charge is 0.269 e. The van der Waals surface area contributed by atoms with Crippen molar-refractivity contribution in [3.05, 3.63) is 65.4 Å². The molecule has 0 fully saturated rings. The lowest BCUT2D eigenvalue weighted by atomic mass is 10.3. The van der Waals surface area contributed by atoms with Crippen LogP contribution in [0.3, 0.4) is 0 Å². The molecule has 27 heavy (non-hydrogen) atoms. The van der Waals surface area contributed by atoms with E-state index < -0.39 is 0 Å². The molecule has 0 aliphatic carbocycles. The number of amides is 1. The Hall–Kier alpha value is -3.66. The van der Waals surface area contributed by atoms with Crippen molar-refractivity contribution in [3.63, 3.8) is 0 Å². The first-order valence-corrected chi connectivity index (χ1v) is 8.68. The number of aryl methyl sites for hydroxylation is 1. The van der Waals surface area contributed by atoms with Gasteiger partial charge in [-0.1, -0.05) is 4.49 Å². The van der Waals surface area contributed by atoms with Crippen molar-refractivity contribution in [2.45, 2.75) is 6.92 Å². The largest absolute Gasteiger partial charge is 0.438 e. The number of benzene rings is 1. The third-order valence-corrected chi connectivity index (χ3v) is 4.38. The molecule has 4 aromatic rings. The Bertz CT molecular complexity index is 1040. The Balaban J connectivity index is 1.40. The molecule has 3 heterocycles. The normalized spacial score (nSPS) is 10.6. The molecule has 0 atom stereocenters. The zero-order valence-electron chi connectivity index (χ0n) is 14.1. The summed E-state index contributed by atoms with van der Waals surface area (Å²) in [6.45, 7) is 1.74. The first-order valence-electron chi connectivity index (χ1n) is 7.91. The molecule has 0 aliphatic rings. The predicted molar refractivity (Wildman–Crippen MR) is 98.3 cm³/mol. The number of anilines is 1. The second-order valence-corrected chi connectivity index (χ2v) is 6.20. The van der Waals surface area contributed by atoms with E-state index in [1.165, 1.54) is 0 Å². The SMILES string of the molecule is Cc1nnsc1C(=O)Nc1ccc(Oc2ccc(-n3cccn3)nn2)cc1. The Morgan fingerprint density at radius 2 is 1.96 bits per heavy atom. The van der Waals surface area contributed by atoms with Gasteiger partial charge in [-0.25, -0.2) is 4.68 Å². The van der Waals surface area contributed by atoms with Gasteiger partial charge in [0.15, 0.2) is 5.82 Å². The molecule has 0 saturated carbocycles. The maximum Gasteiger partial charge on any atom is 0.269 e. The second kappa shape index (κ2) is 7.30. The van der Waals surface area contributed by atoms with Gasteiger partial charge in [0.05, 0.1) is 5.69 Å². The highest BCUT2D eigenvalue weighted by molar-refractivity contribution is 7.08. The summed E-state index contributed by atoms with van der Waals surface area (Å²) in [4.78, 5) is 12.7. The van der Waals surface area contributed by atoms with Crippen molar-refractivity contribution in [2.24, 2.45) is 0 Å². The number of carbonyl (C=O) groups is 1. The molecule has 0 unspecified atom stereocenters. The molecule has 3 aromatic heterocycles. The molecule has 10 heteroatoms. The van der Waals surface area contributed by atoms with Gasteiger partial charge in [-0.3, -0.25) is 4.79 Å². The van der Waals surface area contributed by atoms with Crippen LogP contribution in [0.4, 0.5) is 5.69 Å². The summed E-state index contributed by atoms with van der Waals surface area (Å²) < 4.78 is 11.0. The zero-order chi connectivity index (χ0) is 18.6. The van der Waals surface area contributed by atoms with E-state index in [1.807, 2.05) is 0 Å². The molecule has 0 aliphatic heterocycles. The van der Waals surface area contributed by atoms with Crippen molar-refractivity contribution in [1.29, 1.82) is 0 Å². The standard InChI is InChI=1S/C17H13N7O2S/c1-11-16(27-23-20-11)17(25)19-12-3-5-13(6-4-12)26-15-8-7-14(21-22-15)24-10-2-9-18-24/h2-10H,1H3,(H,19,25). The highest BCUT2D eigenvalue weighted by Gasteiger charge is 2.13. The summed E-state index contributed by atoms with van der Waals surface area (Å²) >= 11 is 1.06. The number of rotatable bonds is 5. The third-order valence-electron chi connectivity index (χ3n) is 3.56. The molecule has 0 spiro atoms. The lowest BCUT2D eigenvalue weighted by Gasteiger charge is -2.07. The molecule has 9 nitrogen and oxygen atoms in total. The number of aromatic nitrogens is 6. The Kier molecular flexibility index (Phi) is 4.54. The summed E-state index contributed by atoms with van der Waals surface area (Å²) in [6.07, 6.45) is 3.45. The van der Waals surface area contributed by atoms with Crippen LogP contribution in [0.25, 0.3) is 5.82 Å². The van der Waals surface area contributed by atoms with Gasteiger partial charge in [-0.2, -0.15) is 5.10 Å². The number of ether oxygens (including phenoxy) is 1. The Morgan fingerprint density at radius 3 is 2.59 bits per heavy atom. The number of nitrogens with one attached hydrogen (secondary N) is 1. The fraction of sp³-hybridized carbons (Fsp3) is 0.0588. The third kappa shape index (κ3) is 3.80. The summed E-state index contributed by atoms with van der Waals surface area (Å²) in [5.74, 6) is 1.29. The van der Waals surface area contributed by atoms with Crippen LogP contribution in [0.1, 0.15) is 15.4 Å². The van der Waals surface area contributed by atoms with E-state index in [-0.39, 0.29) is 5.91 Å². The zero-order valence-corrected chi connectivity index (χ0v) is 14.9. The summed E-state index contributed by atoms with van der Waals surface area (Å²) in [5.41, 5.74) is 1.25. The summed E-state index contributed by atoms with van der Waals surface area (Å²) in [7, 11) is 0. The lowest BCUT2D eigenvalue weighted by molar-refractivity contribution is 0.103. The molecule has 0 bridgehead atoms. The van der Waals surface area contributed by atoms with Crippen LogP contribution in [0, 0.1) is 6.92 Å². The minimum absolute atomic E-state index is 0.240. The first-order chi connectivity index (χ1) is 13.2. The van der Waals surface area contributed by atoms with Crippen LogP contribution < -0.4 is 10.1 Å².